The minimum atomic E-state index is -0.105. The molecule has 132 valence electrons. The molecule has 0 saturated carbocycles. The van der Waals surface area contributed by atoms with Crippen LogP contribution in [0.4, 0.5) is 5.13 Å². The van der Waals surface area contributed by atoms with Crippen LogP contribution in [0.15, 0.2) is 42.5 Å². The molecule has 26 heavy (non-hydrogen) atoms. The van der Waals surface area contributed by atoms with Crippen LogP contribution in [0, 0.1) is 18.3 Å². The van der Waals surface area contributed by atoms with Crippen LogP contribution in [0.25, 0.3) is 10.2 Å². The van der Waals surface area contributed by atoms with Crippen molar-refractivity contribution in [3.8, 4) is 6.07 Å². The minimum absolute atomic E-state index is 0.105. The lowest BCUT2D eigenvalue weighted by atomic mass is 10.1. The number of hydrogen-bond donors (Lipinski definition) is 0. The van der Waals surface area contributed by atoms with Crippen LogP contribution in [-0.4, -0.2) is 43.0 Å². The predicted molar refractivity (Wildman–Crippen MR) is 106 cm³/mol. The van der Waals surface area contributed by atoms with E-state index in [-0.39, 0.29) is 5.91 Å². The third kappa shape index (κ3) is 3.90. The summed E-state index contributed by atoms with van der Waals surface area (Å²) in [4.78, 5) is 21.5. The van der Waals surface area contributed by atoms with Crippen molar-refractivity contribution in [1.29, 1.82) is 5.26 Å². The van der Waals surface area contributed by atoms with E-state index in [0.717, 1.165) is 16.8 Å². The zero-order valence-corrected chi connectivity index (χ0v) is 15.9. The molecule has 3 aromatic rings. The largest absolute Gasteiger partial charge is 0.308 e. The van der Waals surface area contributed by atoms with Crippen molar-refractivity contribution < 1.29 is 4.79 Å². The van der Waals surface area contributed by atoms with Gasteiger partial charge in [-0.3, -0.25) is 9.69 Å². The zero-order valence-electron chi connectivity index (χ0n) is 15.1. The molecule has 1 amide bonds. The van der Waals surface area contributed by atoms with Crippen molar-refractivity contribution in [2.75, 3.05) is 32.1 Å². The summed E-state index contributed by atoms with van der Waals surface area (Å²) < 4.78 is 1.07. The maximum absolute atomic E-state index is 13.1. The number of aromatic nitrogens is 1. The molecule has 0 fully saturated rings. The first kappa shape index (κ1) is 18.1. The molecule has 0 N–H and O–H groups in total. The Balaban J connectivity index is 1.97. The Morgan fingerprint density at radius 1 is 1.15 bits per heavy atom. The Hall–Kier alpha value is -2.75. The van der Waals surface area contributed by atoms with Crippen molar-refractivity contribution in [2.24, 2.45) is 0 Å². The molecule has 0 bridgehead atoms. The molecular weight excluding hydrogens is 344 g/mol. The number of carbonyl (C=O) groups excluding carboxylic acids is 1. The molecule has 0 saturated heterocycles. The number of nitrogens with zero attached hydrogens (tertiary/aromatic N) is 4. The fraction of sp³-hybridized carbons (Fsp3) is 0.250. The molecule has 1 aromatic heterocycles. The van der Waals surface area contributed by atoms with Gasteiger partial charge in [-0.05, 0) is 63.0 Å². The second-order valence-corrected chi connectivity index (χ2v) is 7.43. The Bertz CT molecular complexity index is 970. The zero-order chi connectivity index (χ0) is 18.7. The van der Waals surface area contributed by atoms with Crippen LogP contribution in [0.1, 0.15) is 21.5 Å². The van der Waals surface area contributed by atoms with Gasteiger partial charge in [0.15, 0.2) is 5.13 Å². The van der Waals surface area contributed by atoms with Gasteiger partial charge in [-0.25, -0.2) is 4.98 Å². The molecule has 5 nitrogen and oxygen atoms in total. The van der Waals surface area contributed by atoms with Crippen molar-refractivity contribution in [2.45, 2.75) is 6.92 Å². The van der Waals surface area contributed by atoms with Gasteiger partial charge in [-0.1, -0.05) is 17.4 Å². The monoisotopic (exact) mass is 364 g/mol. The molecule has 0 radical (unpaired) electrons. The van der Waals surface area contributed by atoms with E-state index < -0.39 is 0 Å². The van der Waals surface area contributed by atoms with Crippen LogP contribution >= 0.6 is 11.3 Å². The van der Waals surface area contributed by atoms with Gasteiger partial charge < -0.3 is 4.90 Å². The number of amides is 1. The summed E-state index contributed by atoms with van der Waals surface area (Å²) in [6.45, 7) is 3.33. The van der Waals surface area contributed by atoms with Gasteiger partial charge in [0.2, 0.25) is 0 Å². The number of rotatable bonds is 5. The van der Waals surface area contributed by atoms with E-state index in [1.54, 1.807) is 29.2 Å². The molecule has 0 aliphatic carbocycles. The van der Waals surface area contributed by atoms with Crippen molar-refractivity contribution in [1.82, 2.24) is 9.88 Å². The molecular formula is C20H20N4OS. The maximum Gasteiger partial charge on any atom is 0.260 e. The van der Waals surface area contributed by atoms with Crippen LogP contribution in [0.2, 0.25) is 0 Å². The Morgan fingerprint density at radius 3 is 2.54 bits per heavy atom. The first-order valence-corrected chi connectivity index (χ1v) is 9.13. The van der Waals surface area contributed by atoms with E-state index >= 15 is 0 Å². The molecule has 0 aliphatic heterocycles. The first-order chi connectivity index (χ1) is 12.5. The number of fused-ring (bicyclic) bond motifs is 1. The predicted octanol–water partition coefficient (Wildman–Crippen LogP) is 3.68. The highest BCUT2D eigenvalue weighted by atomic mass is 32.1. The van der Waals surface area contributed by atoms with Crippen molar-refractivity contribution >= 4 is 32.6 Å². The standard InChI is InChI=1S/C20H20N4OS/c1-14-4-9-17-18(12-14)26-20(22-17)24(11-10-23(2)3)19(25)16-7-5-15(13-21)6-8-16/h4-9,12H,10-11H2,1-3H3. The molecule has 2 aromatic carbocycles. The Morgan fingerprint density at radius 2 is 1.88 bits per heavy atom. The van der Waals surface area contributed by atoms with Crippen LogP contribution in [0.3, 0.4) is 0 Å². The summed E-state index contributed by atoms with van der Waals surface area (Å²) in [7, 11) is 3.96. The SMILES string of the molecule is Cc1ccc2nc(N(CCN(C)C)C(=O)c3ccc(C#N)cc3)sc2c1. The molecule has 6 heteroatoms. The van der Waals surface area contributed by atoms with E-state index in [2.05, 4.69) is 17.1 Å². The lowest BCUT2D eigenvalue weighted by Crippen LogP contribution is -2.36. The Labute approximate surface area is 157 Å². The fourth-order valence-electron chi connectivity index (χ4n) is 2.56. The number of thiazole rings is 1. The topological polar surface area (TPSA) is 60.2 Å². The quantitative estimate of drug-likeness (QED) is 0.693. The average Bonchev–Trinajstić information content (AvgIpc) is 3.04. The number of likely N-dealkylation sites (N-methyl/N-ethyl adjacent to an activating group) is 1. The number of aryl methyl sites for hydroxylation is 1. The van der Waals surface area contributed by atoms with Crippen LogP contribution in [-0.2, 0) is 0 Å². The number of nitriles is 1. The van der Waals surface area contributed by atoms with Gasteiger partial charge in [0.25, 0.3) is 5.91 Å². The fourth-order valence-corrected chi connectivity index (χ4v) is 3.65. The number of benzene rings is 2. The second kappa shape index (κ2) is 7.65. The van der Waals surface area contributed by atoms with Crippen LogP contribution in [0.5, 0.6) is 0 Å². The summed E-state index contributed by atoms with van der Waals surface area (Å²) in [5.41, 5.74) is 3.17. The molecule has 1 heterocycles. The molecule has 3 rings (SSSR count). The highest BCUT2D eigenvalue weighted by Gasteiger charge is 2.21. The molecule has 0 atom stereocenters. The molecule has 0 unspecified atom stereocenters. The van der Waals surface area contributed by atoms with E-state index in [1.165, 1.54) is 16.9 Å². The highest BCUT2D eigenvalue weighted by molar-refractivity contribution is 7.22. The van der Waals surface area contributed by atoms with E-state index in [9.17, 15) is 4.79 Å². The number of hydrogen-bond acceptors (Lipinski definition) is 5. The van der Waals surface area contributed by atoms with Gasteiger partial charge in [-0.2, -0.15) is 5.26 Å². The van der Waals surface area contributed by atoms with Gasteiger partial charge in [-0.15, -0.1) is 0 Å². The summed E-state index contributed by atoms with van der Waals surface area (Å²) in [5.74, 6) is -0.105. The molecule has 0 spiro atoms. The van der Waals surface area contributed by atoms with Gasteiger partial charge in [0.1, 0.15) is 0 Å². The summed E-state index contributed by atoms with van der Waals surface area (Å²) in [5, 5.41) is 9.64. The third-order valence-electron chi connectivity index (χ3n) is 4.04. The third-order valence-corrected chi connectivity index (χ3v) is 5.08. The lowest BCUT2D eigenvalue weighted by Gasteiger charge is -2.22. The lowest BCUT2D eigenvalue weighted by molar-refractivity contribution is 0.0985. The number of anilines is 1. The van der Waals surface area contributed by atoms with Crippen molar-refractivity contribution in [3.63, 3.8) is 0 Å². The van der Waals surface area contributed by atoms with E-state index in [4.69, 9.17) is 5.26 Å². The first-order valence-electron chi connectivity index (χ1n) is 8.32. The number of carbonyl (C=O) groups is 1. The second-order valence-electron chi connectivity index (χ2n) is 6.42. The van der Waals surface area contributed by atoms with E-state index in [1.807, 2.05) is 38.1 Å². The summed E-state index contributed by atoms with van der Waals surface area (Å²) in [6, 6.07) is 14.9. The van der Waals surface area contributed by atoms with Gasteiger partial charge in [0.05, 0.1) is 21.8 Å². The maximum atomic E-state index is 13.1. The van der Waals surface area contributed by atoms with Gasteiger partial charge >= 0.3 is 0 Å². The van der Waals surface area contributed by atoms with Gasteiger partial charge in [0, 0.05) is 18.7 Å². The average molecular weight is 364 g/mol. The minimum Gasteiger partial charge on any atom is -0.308 e. The van der Waals surface area contributed by atoms with Crippen molar-refractivity contribution in [3.05, 3.63) is 59.2 Å². The summed E-state index contributed by atoms with van der Waals surface area (Å²) >= 11 is 1.52. The van der Waals surface area contributed by atoms with Crippen LogP contribution < -0.4 is 4.90 Å². The molecule has 0 aliphatic rings. The highest BCUT2D eigenvalue weighted by Crippen LogP contribution is 2.30. The smallest absolute Gasteiger partial charge is 0.260 e. The normalized spacial score (nSPS) is 10.9. The summed E-state index contributed by atoms with van der Waals surface area (Å²) in [6.07, 6.45) is 0. The Kier molecular flexibility index (Phi) is 5.31. The van der Waals surface area contributed by atoms with E-state index in [0.29, 0.717) is 22.8 Å².